The SMILES string of the molecule is COCCN1C(=O)C(=O)C(=C(O)c2ccc3c(c2)OCCO3)C1c1ccc(C(C)C)cc1. The number of likely N-dealkylation sites (tertiary alicyclic amines) is 1. The first-order valence-electron chi connectivity index (χ1n) is 10.7. The Kier molecular flexibility index (Phi) is 6.19. The van der Waals surface area contributed by atoms with Gasteiger partial charge in [-0.05, 0) is 35.2 Å². The van der Waals surface area contributed by atoms with Crippen molar-refractivity contribution in [1.82, 2.24) is 4.90 Å². The van der Waals surface area contributed by atoms with Crippen molar-refractivity contribution >= 4 is 17.4 Å². The van der Waals surface area contributed by atoms with Crippen LogP contribution in [-0.4, -0.2) is 55.2 Å². The molecule has 0 aromatic heterocycles. The molecule has 7 heteroatoms. The van der Waals surface area contributed by atoms with Gasteiger partial charge in [-0.2, -0.15) is 0 Å². The first-order chi connectivity index (χ1) is 15.4. The molecule has 0 saturated carbocycles. The van der Waals surface area contributed by atoms with Gasteiger partial charge in [0.1, 0.15) is 19.0 Å². The Balaban J connectivity index is 1.81. The van der Waals surface area contributed by atoms with Crippen molar-refractivity contribution in [2.45, 2.75) is 25.8 Å². The van der Waals surface area contributed by atoms with Gasteiger partial charge >= 0.3 is 0 Å². The van der Waals surface area contributed by atoms with E-state index in [0.717, 1.165) is 11.1 Å². The standard InChI is InChI=1S/C25H27NO6/c1-15(2)16-4-6-17(7-5-16)22-21(24(28)25(29)26(22)10-11-30-3)23(27)18-8-9-19-20(14-18)32-13-12-31-19/h4-9,14-15,22,27H,10-13H2,1-3H3. The van der Waals surface area contributed by atoms with Crippen molar-refractivity contribution in [3.8, 4) is 11.5 Å². The normalized spacial score (nSPS) is 19.6. The molecule has 168 valence electrons. The largest absolute Gasteiger partial charge is 0.507 e. The molecule has 32 heavy (non-hydrogen) atoms. The fourth-order valence-electron chi connectivity index (χ4n) is 4.06. The van der Waals surface area contributed by atoms with Crippen molar-refractivity contribution < 1.29 is 28.9 Å². The van der Waals surface area contributed by atoms with Crippen LogP contribution in [0.15, 0.2) is 48.0 Å². The molecule has 2 aliphatic heterocycles. The minimum absolute atomic E-state index is 0.0556. The summed E-state index contributed by atoms with van der Waals surface area (Å²) >= 11 is 0. The van der Waals surface area contributed by atoms with Crippen LogP contribution in [0.1, 0.15) is 42.5 Å². The maximum absolute atomic E-state index is 13.0. The summed E-state index contributed by atoms with van der Waals surface area (Å²) in [6.07, 6.45) is 0. The van der Waals surface area contributed by atoms with Gasteiger partial charge in [0, 0.05) is 19.2 Å². The molecule has 4 rings (SSSR count). The highest BCUT2D eigenvalue weighted by atomic mass is 16.6. The summed E-state index contributed by atoms with van der Waals surface area (Å²) in [5.74, 6) is -0.189. The number of hydrogen-bond acceptors (Lipinski definition) is 6. The number of hydrogen-bond donors (Lipinski definition) is 1. The molecule has 0 spiro atoms. The summed E-state index contributed by atoms with van der Waals surface area (Å²) in [5.41, 5.74) is 2.35. The third-order valence-corrected chi connectivity index (χ3v) is 5.81. The van der Waals surface area contributed by atoms with Crippen LogP contribution in [0.5, 0.6) is 11.5 Å². The van der Waals surface area contributed by atoms with Crippen LogP contribution < -0.4 is 9.47 Å². The summed E-state index contributed by atoms with van der Waals surface area (Å²) < 4.78 is 16.3. The Bertz CT molecular complexity index is 1060. The van der Waals surface area contributed by atoms with Crippen LogP contribution in [0.4, 0.5) is 0 Å². The van der Waals surface area contributed by atoms with E-state index in [0.29, 0.717) is 36.2 Å². The second-order valence-corrected chi connectivity index (χ2v) is 8.17. The monoisotopic (exact) mass is 437 g/mol. The molecule has 7 nitrogen and oxygen atoms in total. The fraction of sp³-hybridized carbons (Fsp3) is 0.360. The highest BCUT2D eigenvalue weighted by molar-refractivity contribution is 6.46. The predicted octanol–water partition coefficient (Wildman–Crippen LogP) is 3.65. The second-order valence-electron chi connectivity index (χ2n) is 8.17. The van der Waals surface area contributed by atoms with Crippen LogP contribution >= 0.6 is 0 Å². The second kappa shape index (κ2) is 9.04. The van der Waals surface area contributed by atoms with Crippen molar-refractivity contribution in [3.63, 3.8) is 0 Å². The molecular formula is C25H27NO6. The van der Waals surface area contributed by atoms with Gasteiger partial charge in [0.2, 0.25) is 0 Å². The first kappa shape index (κ1) is 21.9. The van der Waals surface area contributed by atoms with Gasteiger partial charge in [0.25, 0.3) is 11.7 Å². The van der Waals surface area contributed by atoms with Crippen LogP contribution in [0.3, 0.4) is 0 Å². The summed E-state index contributed by atoms with van der Waals surface area (Å²) in [6.45, 7) is 5.56. The zero-order valence-electron chi connectivity index (χ0n) is 18.5. The van der Waals surface area contributed by atoms with Crippen molar-refractivity contribution in [2.24, 2.45) is 0 Å². The van der Waals surface area contributed by atoms with Gasteiger partial charge in [-0.3, -0.25) is 9.59 Å². The number of benzene rings is 2. The molecule has 0 bridgehead atoms. The third kappa shape index (κ3) is 3.96. The molecule has 1 fully saturated rings. The predicted molar refractivity (Wildman–Crippen MR) is 119 cm³/mol. The quantitative estimate of drug-likeness (QED) is 0.422. The van der Waals surface area contributed by atoms with Crippen LogP contribution in [0.25, 0.3) is 5.76 Å². The molecule has 0 aliphatic carbocycles. The number of nitrogens with zero attached hydrogens (tertiary/aromatic N) is 1. The van der Waals surface area contributed by atoms with Gasteiger partial charge in [0.05, 0.1) is 18.2 Å². The number of aliphatic hydroxyl groups excluding tert-OH is 1. The molecule has 2 aromatic rings. The molecule has 1 saturated heterocycles. The smallest absolute Gasteiger partial charge is 0.295 e. The van der Waals surface area contributed by atoms with Crippen LogP contribution in [-0.2, 0) is 14.3 Å². The van der Waals surface area contributed by atoms with Crippen molar-refractivity contribution in [1.29, 1.82) is 0 Å². The number of fused-ring (bicyclic) bond motifs is 1. The van der Waals surface area contributed by atoms with E-state index in [9.17, 15) is 14.7 Å². The molecular weight excluding hydrogens is 410 g/mol. The van der Waals surface area contributed by atoms with E-state index in [1.54, 1.807) is 18.2 Å². The number of Topliss-reactive ketones (excluding diaryl/α,β-unsaturated/α-hetero) is 1. The van der Waals surface area contributed by atoms with Gasteiger partial charge < -0.3 is 24.2 Å². The lowest BCUT2D eigenvalue weighted by atomic mass is 9.93. The van der Waals surface area contributed by atoms with Crippen LogP contribution in [0, 0.1) is 0 Å². The Morgan fingerprint density at radius 3 is 2.44 bits per heavy atom. The van der Waals surface area contributed by atoms with Gasteiger partial charge in [-0.25, -0.2) is 0 Å². The van der Waals surface area contributed by atoms with E-state index < -0.39 is 17.7 Å². The van der Waals surface area contributed by atoms with E-state index >= 15 is 0 Å². The first-order valence-corrected chi connectivity index (χ1v) is 10.7. The molecule has 2 aliphatic rings. The number of methoxy groups -OCH3 is 1. The number of carbonyl (C=O) groups is 2. The molecule has 2 heterocycles. The molecule has 2 aromatic carbocycles. The third-order valence-electron chi connectivity index (χ3n) is 5.81. The highest BCUT2D eigenvalue weighted by Crippen LogP contribution is 2.41. The molecule has 1 atom stereocenters. The molecule has 0 radical (unpaired) electrons. The molecule has 1 N–H and O–H groups in total. The van der Waals surface area contributed by atoms with Gasteiger partial charge in [-0.1, -0.05) is 38.1 Å². The lowest BCUT2D eigenvalue weighted by Gasteiger charge is -2.25. The zero-order chi connectivity index (χ0) is 22.8. The number of carbonyl (C=O) groups excluding carboxylic acids is 2. The van der Waals surface area contributed by atoms with Crippen molar-refractivity contribution in [2.75, 3.05) is 33.5 Å². The number of amides is 1. The fourth-order valence-corrected chi connectivity index (χ4v) is 4.06. The van der Waals surface area contributed by atoms with E-state index in [4.69, 9.17) is 14.2 Å². The number of ether oxygens (including phenoxy) is 3. The highest BCUT2D eigenvalue weighted by Gasteiger charge is 2.46. The molecule has 1 amide bonds. The van der Waals surface area contributed by atoms with Crippen LogP contribution in [0.2, 0.25) is 0 Å². The lowest BCUT2D eigenvalue weighted by Crippen LogP contribution is -2.32. The number of aliphatic hydroxyl groups is 1. The minimum atomic E-state index is -0.716. The Hall–Kier alpha value is -3.32. The Morgan fingerprint density at radius 1 is 1.09 bits per heavy atom. The van der Waals surface area contributed by atoms with Gasteiger partial charge in [-0.15, -0.1) is 0 Å². The topological polar surface area (TPSA) is 85.3 Å². The summed E-state index contributed by atoms with van der Waals surface area (Å²) in [5, 5.41) is 11.2. The number of rotatable bonds is 6. The Morgan fingerprint density at radius 2 is 1.78 bits per heavy atom. The average Bonchev–Trinajstić information content (AvgIpc) is 3.06. The Labute approximate surface area is 187 Å². The summed E-state index contributed by atoms with van der Waals surface area (Å²) in [4.78, 5) is 27.4. The maximum atomic E-state index is 13.0. The van der Waals surface area contributed by atoms with E-state index in [1.807, 2.05) is 24.3 Å². The zero-order valence-corrected chi connectivity index (χ0v) is 18.5. The average molecular weight is 437 g/mol. The maximum Gasteiger partial charge on any atom is 0.295 e. The minimum Gasteiger partial charge on any atom is -0.507 e. The van der Waals surface area contributed by atoms with E-state index in [-0.39, 0.29) is 24.5 Å². The molecule has 1 unspecified atom stereocenters. The summed E-state index contributed by atoms with van der Waals surface area (Å²) in [7, 11) is 1.54. The summed E-state index contributed by atoms with van der Waals surface area (Å²) in [6, 6.07) is 12.1. The van der Waals surface area contributed by atoms with E-state index in [2.05, 4.69) is 13.8 Å². The number of ketones is 1. The van der Waals surface area contributed by atoms with Crippen molar-refractivity contribution in [3.05, 3.63) is 64.7 Å². The van der Waals surface area contributed by atoms with Gasteiger partial charge in [0.15, 0.2) is 11.5 Å². The van der Waals surface area contributed by atoms with E-state index in [1.165, 1.54) is 12.0 Å². The lowest BCUT2D eigenvalue weighted by molar-refractivity contribution is -0.140.